The zero-order valence-electron chi connectivity index (χ0n) is 5.66. The Morgan fingerprint density at radius 1 is 1.55 bits per heavy atom. The Kier molecular flexibility index (Phi) is 1.87. The SMILES string of the molecule is N#CC1=C(N)CC(N)=NC1=S. The summed E-state index contributed by atoms with van der Waals surface area (Å²) in [4.78, 5) is 3.94. The summed E-state index contributed by atoms with van der Waals surface area (Å²) in [5, 5.41) is 8.53. The van der Waals surface area contributed by atoms with Crippen LogP contribution in [0.3, 0.4) is 0 Å². The first-order valence-corrected chi connectivity index (χ1v) is 3.32. The number of thiocarbonyl (C=S) groups is 1. The minimum absolute atomic E-state index is 0.189. The van der Waals surface area contributed by atoms with E-state index in [1.807, 2.05) is 6.07 Å². The monoisotopic (exact) mass is 166 g/mol. The number of aliphatic imine (C=N–C) groups is 1. The van der Waals surface area contributed by atoms with Gasteiger partial charge in [0.2, 0.25) is 0 Å². The number of nitriles is 1. The highest BCUT2D eigenvalue weighted by Gasteiger charge is 2.15. The fourth-order valence-electron chi connectivity index (χ4n) is 0.766. The van der Waals surface area contributed by atoms with Gasteiger partial charge in [-0.25, -0.2) is 4.99 Å². The number of hydrogen-bond donors (Lipinski definition) is 2. The fraction of sp³-hybridized carbons (Fsp3) is 0.167. The molecule has 0 atom stereocenters. The van der Waals surface area contributed by atoms with Crippen LogP contribution in [0, 0.1) is 11.3 Å². The number of hydrogen-bond acceptors (Lipinski definition) is 4. The molecule has 0 saturated heterocycles. The normalized spacial score (nSPS) is 17.7. The molecule has 0 amide bonds. The molecular formula is C6H6N4S. The van der Waals surface area contributed by atoms with Gasteiger partial charge in [-0.1, -0.05) is 12.2 Å². The number of nitrogens with two attached hydrogens (primary N) is 2. The van der Waals surface area contributed by atoms with E-state index in [0.717, 1.165) is 0 Å². The van der Waals surface area contributed by atoms with Crippen molar-refractivity contribution in [1.82, 2.24) is 0 Å². The molecule has 0 aromatic carbocycles. The van der Waals surface area contributed by atoms with Crippen molar-refractivity contribution in [2.45, 2.75) is 6.42 Å². The maximum Gasteiger partial charge on any atom is 0.147 e. The molecule has 0 spiro atoms. The lowest BCUT2D eigenvalue weighted by molar-refractivity contribution is 1.15. The van der Waals surface area contributed by atoms with Crippen molar-refractivity contribution in [3.63, 3.8) is 0 Å². The van der Waals surface area contributed by atoms with Crippen LogP contribution in [0.1, 0.15) is 6.42 Å². The summed E-state index contributed by atoms with van der Waals surface area (Å²) in [6.07, 6.45) is 0.336. The zero-order valence-corrected chi connectivity index (χ0v) is 6.48. The topological polar surface area (TPSA) is 88.2 Å². The quantitative estimate of drug-likeness (QED) is 0.488. The van der Waals surface area contributed by atoms with Crippen LogP contribution in [0.4, 0.5) is 0 Å². The van der Waals surface area contributed by atoms with Crippen LogP contribution in [-0.2, 0) is 0 Å². The molecule has 1 heterocycles. The first kappa shape index (κ1) is 7.69. The highest BCUT2D eigenvalue weighted by molar-refractivity contribution is 7.80. The minimum Gasteiger partial charge on any atom is -0.401 e. The Labute approximate surface area is 69.2 Å². The average Bonchev–Trinajstić information content (AvgIpc) is 1.85. The van der Waals surface area contributed by atoms with Crippen molar-refractivity contribution in [1.29, 1.82) is 5.26 Å². The van der Waals surface area contributed by atoms with Gasteiger partial charge in [-0.15, -0.1) is 0 Å². The largest absolute Gasteiger partial charge is 0.401 e. The molecule has 0 bridgehead atoms. The number of dihydropyridines is 1. The van der Waals surface area contributed by atoms with Gasteiger partial charge in [-0.05, 0) is 0 Å². The van der Waals surface area contributed by atoms with Crippen molar-refractivity contribution in [2.75, 3.05) is 0 Å². The molecule has 4 nitrogen and oxygen atoms in total. The Morgan fingerprint density at radius 3 is 2.64 bits per heavy atom. The molecule has 0 radical (unpaired) electrons. The van der Waals surface area contributed by atoms with E-state index in [-0.39, 0.29) is 10.6 Å². The summed E-state index contributed by atoms with van der Waals surface area (Å²) in [6, 6.07) is 1.87. The molecule has 11 heavy (non-hydrogen) atoms. The van der Waals surface area contributed by atoms with Crippen molar-refractivity contribution < 1.29 is 0 Å². The van der Waals surface area contributed by atoms with Crippen LogP contribution in [0.2, 0.25) is 0 Å². The van der Waals surface area contributed by atoms with E-state index in [1.165, 1.54) is 0 Å². The van der Waals surface area contributed by atoms with Crippen LogP contribution in [0.15, 0.2) is 16.3 Å². The Balaban J connectivity index is 3.06. The molecule has 1 aliphatic heterocycles. The molecule has 0 aliphatic carbocycles. The van der Waals surface area contributed by atoms with Crippen molar-refractivity contribution >= 4 is 23.0 Å². The first-order chi connectivity index (χ1) is 5.15. The van der Waals surface area contributed by atoms with Crippen LogP contribution >= 0.6 is 12.2 Å². The maximum atomic E-state index is 8.53. The van der Waals surface area contributed by atoms with Crippen molar-refractivity contribution in [3.05, 3.63) is 11.3 Å². The van der Waals surface area contributed by atoms with Gasteiger partial charge >= 0.3 is 0 Å². The lowest BCUT2D eigenvalue weighted by Crippen LogP contribution is -2.24. The predicted molar refractivity (Wildman–Crippen MR) is 45.7 cm³/mol. The lowest BCUT2D eigenvalue weighted by Gasteiger charge is -2.09. The summed E-state index contributed by atoms with van der Waals surface area (Å²) in [7, 11) is 0. The molecule has 0 fully saturated rings. The van der Waals surface area contributed by atoms with E-state index in [4.69, 9.17) is 28.9 Å². The van der Waals surface area contributed by atoms with Crippen LogP contribution in [0.25, 0.3) is 0 Å². The van der Waals surface area contributed by atoms with E-state index in [0.29, 0.717) is 18.0 Å². The molecule has 0 unspecified atom stereocenters. The van der Waals surface area contributed by atoms with E-state index < -0.39 is 0 Å². The van der Waals surface area contributed by atoms with E-state index >= 15 is 0 Å². The second-order valence-electron chi connectivity index (χ2n) is 2.10. The number of rotatable bonds is 0. The van der Waals surface area contributed by atoms with Gasteiger partial charge < -0.3 is 11.5 Å². The fourth-order valence-corrected chi connectivity index (χ4v) is 1.06. The third-order valence-corrected chi connectivity index (χ3v) is 1.56. The molecule has 0 aromatic heterocycles. The average molecular weight is 166 g/mol. The second kappa shape index (κ2) is 2.68. The zero-order chi connectivity index (χ0) is 8.43. The number of nitrogens with zero attached hydrogens (tertiary/aromatic N) is 2. The molecule has 56 valence electrons. The van der Waals surface area contributed by atoms with E-state index in [9.17, 15) is 0 Å². The first-order valence-electron chi connectivity index (χ1n) is 2.91. The van der Waals surface area contributed by atoms with Gasteiger partial charge in [0.15, 0.2) is 0 Å². The maximum absolute atomic E-state index is 8.53. The molecule has 1 rings (SSSR count). The van der Waals surface area contributed by atoms with Crippen LogP contribution in [0.5, 0.6) is 0 Å². The second-order valence-corrected chi connectivity index (χ2v) is 2.48. The Bertz CT molecular complexity index is 307. The van der Waals surface area contributed by atoms with Crippen LogP contribution in [-0.4, -0.2) is 10.8 Å². The van der Waals surface area contributed by atoms with Gasteiger partial charge in [0.1, 0.15) is 22.5 Å². The van der Waals surface area contributed by atoms with Gasteiger partial charge in [-0.2, -0.15) is 5.26 Å². The lowest BCUT2D eigenvalue weighted by atomic mass is 10.1. The van der Waals surface area contributed by atoms with Gasteiger partial charge in [0.05, 0.1) is 0 Å². The van der Waals surface area contributed by atoms with Crippen molar-refractivity contribution in [2.24, 2.45) is 16.5 Å². The Hall–Kier alpha value is -1.41. The smallest absolute Gasteiger partial charge is 0.147 e. The van der Waals surface area contributed by atoms with Crippen LogP contribution < -0.4 is 11.5 Å². The third kappa shape index (κ3) is 1.36. The van der Waals surface area contributed by atoms with E-state index in [2.05, 4.69) is 4.99 Å². The van der Waals surface area contributed by atoms with E-state index in [1.54, 1.807) is 0 Å². The molecule has 5 heteroatoms. The molecule has 0 saturated carbocycles. The Morgan fingerprint density at radius 2 is 2.18 bits per heavy atom. The summed E-state index contributed by atoms with van der Waals surface area (Å²) >= 11 is 4.75. The van der Waals surface area contributed by atoms with Gasteiger partial charge in [0, 0.05) is 12.1 Å². The molecule has 0 aromatic rings. The summed E-state index contributed by atoms with van der Waals surface area (Å²) in [5.74, 6) is 0.367. The summed E-state index contributed by atoms with van der Waals surface area (Å²) in [6.45, 7) is 0. The number of amidine groups is 1. The third-order valence-electron chi connectivity index (χ3n) is 1.26. The van der Waals surface area contributed by atoms with Gasteiger partial charge in [0.25, 0.3) is 0 Å². The molecule has 4 N–H and O–H groups in total. The standard InChI is InChI=1S/C6H6N4S/c7-2-3-4(8)1-5(9)10-6(3)11/h1,8H2,(H2,9,10,11). The van der Waals surface area contributed by atoms with Gasteiger partial charge in [-0.3, -0.25) is 0 Å². The predicted octanol–water partition coefficient (Wildman–Crippen LogP) is -0.189. The van der Waals surface area contributed by atoms with Crippen molar-refractivity contribution in [3.8, 4) is 6.07 Å². The highest BCUT2D eigenvalue weighted by Crippen LogP contribution is 2.11. The molecular weight excluding hydrogens is 160 g/mol. The summed E-state index contributed by atoms with van der Waals surface area (Å²) < 4.78 is 0. The molecule has 1 aliphatic rings. The highest BCUT2D eigenvalue weighted by atomic mass is 32.1. The minimum atomic E-state index is 0.189. The summed E-state index contributed by atoms with van der Waals surface area (Å²) in [5.41, 5.74) is 11.5.